The summed E-state index contributed by atoms with van der Waals surface area (Å²) in [5, 5.41) is 11.3. The van der Waals surface area contributed by atoms with Crippen LogP contribution < -0.4 is 14.8 Å². The van der Waals surface area contributed by atoms with Crippen molar-refractivity contribution < 1.29 is 13.9 Å². The van der Waals surface area contributed by atoms with E-state index in [1.165, 1.54) is 20.5 Å². The number of rotatable bonds is 5. The first-order valence-corrected chi connectivity index (χ1v) is 6.83. The molecule has 0 bridgehead atoms. The van der Waals surface area contributed by atoms with Crippen molar-refractivity contribution in [3.63, 3.8) is 0 Å². The molecule has 9 nitrogen and oxygen atoms in total. The predicted molar refractivity (Wildman–Crippen MR) is 82.0 cm³/mol. The van der Waals surface area contributed by atoms with Crippen LogP contribution in [0.15, 0.2) is 22.9 Å². The monoisotopic (exact) mass is 316 g/mol. The summed E-state index contributed by atoms with van der Waals surface area (Å²) in [6.07, 6.45) is 1.36. The minimum atomic E-state index is 0.331. The van der Waals surface area contributed by atoms with Crippen molar-refractivity contribution in [2.45, 2.75) is 6.92 Å². The van der Waals surface area contributed by atoms with Gasteiger partial charge in [0.05, 0.1) is 14.2 Å². The van der Waals surface area contributed by atoms with E-state index in [0.717, 1.165) is 5.76 Å². The molecule has 0 saturated carbocycles. The van der Waals surface area contributed by atoms with Gasteiger partial charge in [0.15, 0.2) is 11.4 Å². The molecule has 3 rings (SSSR count). The largest absolute Gasteiger partial charge is 0.479 e. The molecule has 9 heteroatoms. The molecule has 3 aromatic rings. The molecule has 0 aliphatic rings. The third-order valence-electron chi connectivity index (χ3n) is 3.21. The molecule has 0 spiro atoms. The van der Waals surface area contributed by atoms with Gasteiger partial charge in [-0.1, -0.05) is 0 Å². The number of nitrogens with one attached hydrogen (secondary N) is 1. The number of anilines is 1. The number of ether oxygens (including phenoxy) is 2. The molecule has 3 aromatic heterocycles. The third-order valence-corrected chi connectivity index (χ3v) is 3.21. The van der Waals surface area contributed by atoms with Crippen molar-refractivity contribution in [2.24, 2.45) is 0 Å². The number of nitrogens with zero attached hydrogens (tertiary/aromatic N) is 5. The summed E-state index contributed by atoms with van der Waals surface area (Å²) in [4.78, 5) is 8.26. The molecule has 0 aliphatic carbocycles. The fourth-order valence-corrected chi connectivity index (χ4v) is 2.21. The summed E-state index contributed by atoms with van der Waals surface area (Å²) in [6, 6.07) is 3.67. The zero-order valence-electron chi connectivity index (χ0n) is 13.2. The molecular weight excluding hydrogens is 300 g/mol. The van der Waals surface area contributed by atoms with Crippen LogP contribution in [0, 0.1) is 6.92 Å². The van der Waals surface area contributed by atoms with Crippen LogP contribution in [0.1, 0.15) is 5.76 Å². The average molecular weight is 316 g/mol. The van der Waals surface area contributed by atoms with Gasteiger partial charge in [0, 0.05) is 7.05 Å². The van der Waals surface area contributed by atoms with Gasteiger partial charge in [-0.2, -0.15) is 9.97 Å². The Labute approximate surface area is 132 Å². The second kappa shape index (κ2) is 5.95. The van der Waals surface area contributed by atoms with Gasteiger partial charge < -0.3 is 19.2 Å². The molecule has 0 amide bonds. The van der Waals surface area contributed by atoms with E-state index in [9.17, 15) is 0 Å². The van der Waals surface area contributed by atoms with Crippen LogP contribution in [-0.2, 0) is 0 Å². The Morgan fingerprint density at radius 2 is 1.78 bits per heavy atom. The number of aromatic nitrogens is 5. The van der Waals surface area contributed by atoms with Gasteiger partial charge in [-0.25, -0.2) is 4.57 Å². The Hall–Kier alpha value is -3.10. The quantitative estimate of drug-likeness (QED) is 0.759. The Morgan fingerprint density at radius 1 is 1.09 bits per heavy atom. The lowest BCUT2D eigenvalue weighted by atomic mass is 10.3. The highest BCUT2D eigenvalue weighted by Gasteiger charge is 2.24. The lowest BCUT2D eigenvalue weighted by Crippen LogP contribution is -2.09. The van der Waals surface area contributed by atoms with Crippen molar-refractivity contribution >= 4 is 5.95 Å². The summed E-state index contributed by atoms with van der Waals surface area (Å²) in [6.45, 7) is 1.86. The number of hydrogen-bond donors (Lipinski definition) is 1. The molecule has 3 heterocycles. The summed E-state index contributed by atoms with van der Waals surface area (Å²) >= 11 is 0. The highest BCUT2D eigenvalue weighted by atomic mass is 16.5. The first-order valence-electron chi connectivity index (χ1n) is 6.83. The molecular formula is C14H16N6O3. The molecule has 120 valence electrons. The van der Waals surface area contributed by atoms with Crippen LogP contribution >= 0.6 is 0 Å². The summed E-state index contributed by atoms with van der Waals surface area (Å²) in [7, 11) is 4.78. The molecule has 0 aliphatic heterocycles. The molecule has 1 N–H and O–H groups in total. The Bertz CT molecular complexity index is 804. The van der Waals surface area contributed by atoms with Crippen molar-refractivity contribution in [1.82, 2.24) is 24.7 Å². The van der Waals surface area contributed by atoms with Crippen LogP contribution in [0.5, 0.6) is 11.8 Å². The summed E-state index contributed by atoms with van der Waals surface area (Å²) < 4.78 is 18.0. The van der Waals surface area contributed by atoms with Crippen LogP contribution in [0.3, 0.4) is 0 Å². The van der Waals surface area contributed by atoms with E-state index in [2.05, 4.69) is 25.5 Å². The van der Waals surface area contributed by atoms with E-state index in [0.29, 0.717) is 35.0 Å². The lowest BCUT2D eigenvalue weighted by molar-refractivity contribution is 0.368. The second-order valence-corrected chi connectivity index (χ2v) is 4.58. The molecule has 23 heavy (non-hydrogen) atoms. The maximum absolute atomic E-state index is 5.66. The van der Waals surface area contributed by atoms with Gasteiger partial charge in [0.1, 0.15) is 12.1 Å². The van der Waals surface area contributed by atoms with E-state index in [1.54, 1.807) is 11.6 Å². The van der Waals surface area contributed by atoms with Crippen molar-refractivity contribution in [2.75, 3.05) is 26.6 Å². The normalized spacial score (nSPS) is 10.6. The fraction of sp³-hybridized carbons (Fsp3) is 0.286. The van der Waals surface area contributed by atoms with Gasteiger partial charge >= 0.3 is 0 Å². The molecule has 0 unspecified atom stereocenters. The minimum absolute atomic E-state index is 0.331. The standard InChI is InChI=1S/C14H16N6O3/c1-8-5-6-9(23-8)11-18-19-14(15-2)20(11)10-12(21-3)16-7-17-13(10)22-4/h5-7H,1-4H3,(H,15,19). The maximum Gasteiger partial charge on any atom is 0.245 e. The van der Waals surface area contributed by atoms with E-state index < -0.39 is 0 Å². The third kappa shape index (κ3) is 2.45. The minimum Gasteiger partial charge on any atom is -0.479 e. The zero-order chi connectivity index (χ0) is 16.4. The Morgan fingerprint density at radius 3 is 2.30 bits per heavy atom. The average Bonchev–Trinajstić information content (AvgIpc) is 3.19. The van der Waals surface area contributed by atoms with E-state index in [-0.39, 0.29) is 0 Å². The van der Waals surface area contributed by atoms with Gasteiger partial charge in [-0.15, -0.1) is 10.2 Å². The van der Waals surface area contributed by atoms with Gasteiger partial charge in [0.25, 0.3) is 0 Å². The SMILES string of the molecule is CNc1nnc(-c2ccc(C)o2)n1-c1c(OC)ncnc1OC. The highest BCUT2D eigenvalue weighted by Crippen LogP contribution is 2.34. The Kier molecular flexibility index (Phi) is 3.83. The zero-order valence-corrected chi connectivity index (χ0v) is 13.2. The van der Waals surface area contributed by atoms with E-state index in [1.807, 2.05) is 19.1 Å². The van der Waals surface area contributed by atoms with Crippen molar-refractivity contribution in [3.8, 4) is 29.0 Å². The lowest BCUT2D eigenvalue weighted by Gasteiger charge is -2.14. The summed E-state index contributed by atoms with van der Waals surface area (Å²) in [5.41, 5.74) is 0.482. The smallest absolute Gasteiger partial charge is 0.245 e. The molecule has 0 saturated heterocycles. The Balaban J connectivity index is 2.30. The molecule has 0 aromatic carbocycles. The van der Waals surface area contributed by atoms with Crippen molar-refractivity contribution in [1.29, 1.82) is 0 Å². The van der Waals surface area contributed by atoms with Gasteiger partial charge in [0.2, 0.25) is 23.5 Å². The van der Waals surface area contributed by atoms with Crippen molar-refractivity contribution in [3.05, 3.63) is 24.2 Å². The van der Waals surface area contributed by atoms with Crippen LogP contribution in [0.4, 0.5) is 5.95 Å². The molecule has 0 radical (unpaired) electrons. The number of furan rings is 1. The first kappa shape index (κ1) is 14.8. The second-order valence-electron chi connectivity index (χ2n) is 4.58. The first-order chi connectivity index (χ1) is 11.2. The van der Waals surface area contributed by atoms with Crippen LogP contribution in [0.2, 0.25) is 0 Å². The van der Waals surface area contributed by atoms with Gasteiger partial charge in [-0.3, -0.25) is 0 Å². The van der Waals surface area contributed by atoms with Crippen LogP contribution in [0.25, 0.3) is 17.3 Å². The van der Waals surface area contributed by atoms with Crippen LogP contribution in [-0.4, -0.2) is 46.0 Å². The molecule has 0 atom stereocenters. The summed E-state index contributed by atoms with van der Waals surface area (Å²) in [5.74, 6) is 2.94. The fourth-order valence-electron chi connectivity index (χ4n) is 2.21. The predicted octanol–water partition coefficient (Wildman–Crippen LogP) is 1.68. The number of hydrogen-bond acceptors (Lipinski definition) is 8. The maximum atomic E-state index is 5.66. The van der Waals surface area contributed by atoms with E-state index >= 15 is 0 Å². The number of aryl methyl sites for hydroxylation is 1. The van der Waals surface area contributed by atoms with Gasteiger partial charge in [-0.05, 0) is 19.1 Å². The van der Waals surface area contributed by atoms with E-state index in [4.69, 9.17) is 13.9 Å². The highest BCUT2D eigenvalue weighted by molar-refractivity contribution is 5.62. The topological polar surface area (TPSA) is 100 Å². The number of methoxy groups -OCH3 is 2. The molecule has 0 fully saturated rings.